The summed E-state index contributed by atoms with van der Waals surface area (Å²) in [6.45, 7) is 4.33. The molecule has 0 aliphatic heterocycles. The van der Waals surface area contributed by atoms with Crippen LogP contribution in [-0.4, -0.2) is 21.3 Å². The molecule has 0 aliphatic rings. The first-order valence-corrected chi connectivity index (χ1v) is 6.00. The van der Waals surface area contributed by atoms with E-state index in [4.69, 9.17) is 14.2 Å². The van der Waals surface area contributed by atoms with Gasteiger partial charge in [0.2, 0.25) is 5.75 Å². The van der Waals surface area contributed by atoms with Gasteiger partial charge in [-0.1, -0.05) is 13.8 Å². The quantitative estimate of drug-likeness (QED) is 0.820. The zero-order chi connectivity index (χ0) is 13.0. The van der Waals surface area contributed by atoms with Crippen molar-refractivity contribution in [2.24, 2.45) is 5.92 Å². The van der Waals surface area contributed by atoms with E-state index in [1.54, 1.807) is 21.3 Å². The Hall–Kier alpha value is -1.03. The molecule has 0 unspecified atom stereocenters. The third kappa shape index (κ3) is 3.00. The summed E-state index contributed by atoms with van der Waals surface area (Å²) in [6.07, 6.45) is 0.926. The Bertz CT molecular complexity index is 389. The predicted molar refractivity (Wildman–Crippen MR) is 71.9 cm³/mol. The minimum Gasteiger partial charge on any atom is -0.493 e. The normalized spacial score (nSPS) is 10.5. The van der Waals surface area contributed by atoms with Crippen LogP contribution in [0.3, 0.4) is 0 Å². The first kappa shape index (κ1) is 14.0. The molecule has 1 aromatic carbocycles. The van der Waals surface area contributed by atoms with Crippen molar-refractivity contribution in [3.05, 3.63) is 11.6 Å². The van der Waals surface area contributed by atoms with Gasteiger partial charge in [-0.05, 0) is 24.0 Å². The van der Waals surface area contributed by atoms with Crippen LogP contribution in [0.5, 0.6) is 17.2 Å². The number of hydrogen-bond donors (Lipinski definition) is 1. The van der Waals surface area contributed by atoms with Gasteiger partial charge < -0.3 is 14.2 Å². The van der Waals surface area contributed by atoms with E-state index in [2.05, 4.69) is 26.5 Å². The molecular weight excluding hydrogens is 236 g/mol. The summed E-state index contributed by atoms with van der Waals surface area (Å²) in [5.41, 5.74) is 1.11. The third-order valence-electron chi connectivity index (χ3n) is 2.51. The molecule has 1 aromatic rings. The lowest BCUT2D eigenvalue weighted by molar-refractivity contribution is 0.318. The summed E-state index contributed by atoms with van der Waals surface area (Å²) < 4.78 is 16.0. The van der Waals surface area contributed by atoms with Gasteiger partial charge in [-0.25, -0.2) is 0 Å². The maximum absolute atomic E-state index is 5.35. The molecule has 0 radical (unpaired) electrons. The van der Waals surface area contributed by atoms with Crippen molar-refractivity contribution in [1.82, 2.24) is 0 Å². The molecule has 1 rings (SSSR count). The second-order valence-corrected chi connectivity index (χ2v) is 4.70. The van der Waals surface area contributed by atoms with Crippen molar-refractivity contribution < 1.29 is 14.2 Å². The maximum atomic E-state index is 5.35. The minimum atomic E-state index is 0.545. The van der Waals surface area contributed by atoms with Crippen LogP contribution < -0.4 is 14.2 Å². The Labute approximate surface area is 108 Å². The van der Waals surface area contributed by atoms with E-state index in [1.807, 2.05) is 6.07 Å². The fraction of sp³-hybridized carbons (Fsp3) is 0.538. The summed E-state index contributed by atoms with van der Waals surface area (Å²) in [5.74, 6) is 2.44. The van der Waals surface area contributed by atoms with Gasteiger partial charge in [-0.15, -0.1) is 12.6 Å². The van der Waals surface area contributed by atoms with Crippen molar-refractivity contribution in [2.45, 2.75) is 25.2 Å². The van der Waals surface area contributed by atoms with E-state index < -0.39 is 0 Å². The molecule has 0 saturated carbocycles. The van der Waals surface area contributed by atoms with Gasteiger partial charge in [0.25, 0.3) is 0 Å². The molecule has 0 aromatic heterocycles. The summed E-state index contributed by atoms with van der Waals surface area (Å²) >= 11 is 4.52. The zero-order valence-electron chi connectivity index (χ0n) is 11.0. The zero-order valence-corrected chi connectivity index (χ0v) is 11.9. The number of hydrogen-bond acceptors (Lipinski definition) is 4. The molecule has 0 spiro atoms. The first-order valence-electron chi connectivity index (χ1n) is 5.55. The highest BCUT2D eigenvalue weighted by atomic mass is 32.1. The molecule has 0 N–H and O–H groups in total. The lowest BCUT2D eigenvalue weighted by Gasteiger charge is -2.17. The molecule has 4 heteroatoms. The van der Waals surface area contributed by atoms with Crippen LogP contribution >= 0.6 is 12.6 Å². The molecule has 3 nitrogen and oxygen atoms in total. The third-order valence-corrected chi connectivity index (χ3v) is 3.00. The van der Waals surface area contributed by atoms with Gasteiger partial charge in [0.05, 0.1) is 26.2 Å². The second kappa shape index (κ2) is 6.05. The highest BCUT2D eigenvalue weighted by molar-refractivity contribution is 7.80. The summed E-state index contributed by atoms with van der Waals surface area (Å²) in [6, 6.07) is 1.96. The standard InChI is InChI=1S/C13H20O3S/c1-8(2)6-9-7-10(14-3)11(15-4)12(16-5)13(9)17/h7-8,17H,6H2,1-5H3. The molecule has 0 bridgehead atoms. The molecule has 0 aliphatic carbocycles. The van der Waals surface area contributed by atoms with E-state index in [0.29, 0.717) is 23.2 Å². The van der Waals surface area contributed by atoms with Crippen LogP contribution in [0.2, 0.25) is 0 Å². The molecule has 0 atom stereocenters. The Balaban J connectivity index is 3.34. The number of thiol groups is 1. The van der Waals surface area contributed by atoms with Gasteiger partial charge in [0, 0.05) is 0 Å². The van der Waals surface area contributed by atoms with Crippen molar-refractivity contribution in [1.29, 1.82) is 0 Å². The van der Waals surface area contributed by atoms with E-state index in [1.165, 1.54) is 0 Å². The van der Waals surface area contributed by atoms with Crippen LogP contribution in [0.25, 0.3) is 0 Å². The molecule has 0 fully saturated rings. The highest BCUT2D eigenvalue weighted by Crippen LogP contribution is 2.44. The van der Waals surface area contributed by atoms with Crippen LogP contribution in [0, 0.1) is 5.92 Å². The van der Waals surface area contributed by atoms with Crippen LogP contribution in [0.15, 0.2) is 11.0 Å². The molecule has 0 saturated heterocycles. The topological polar surface area (TPSA) is 27.7 Å². The smallest absolute Gasteiger partial charge is 0.204 e. The number of rotatable bonds is 5. The number of benzene rings is 1. The van der Waals surface area contributed by atoms with E-state index in [9.17, 15) is 0 Å². The fourth-order valence-electron chi connectivity index (χ4n) is 1.79. The van der Waals surface area contributed by atoms with Gasteiger partial charge in [0.15, 0.2) is 11.5 Å². The van der Waals surface area contributed by atoms with E-state index in [-0.39, 0.29) is 0 Å². The predicted octanol–water partition coefficient (Wildman–Crippen LogP) is 3.20. The van der Waals surface area contributed by atoms with Crippen molar-refractivity contribution >= 4 is 12.6 Å². The average molecular weight is 256 g/mol. The summed E-state index contributed by atoms with van der Waals surface area (Å²) in [5, 5.41) is 0. The Kier molecular flexibility index (Phi) is 5.00. The van der Waals surface area contributed by atoms with Gasteiger partial charge >= 0.3 is 0 Å². The van der Waals surface area contributed by atoms with Crippen molar-refractivity contribution in [3.8, 4) is 17.2 Å². The minimum absolute atomic E-state index is 0.545. The van der Waals surface area contributed by atoms with Crippen LogP contribution in [0.1, 0.15) is 19.4 Å². The Morgan fingerprint density at radius 1 is 1.06 bits per heavy atom. The lowest BCUT2D eigenvalue weighted by atomic mass is 10.0. The number of methoxy groups -OCH3 is 3. The molecule has 0 heterocycles. The fourth-order valence-corrected chi connectivity index (χ4v) is 2.14. The Morgan fingerprint density at radius 2 is 1.65 bits per heavy atom. The van der Waals surface area contributed by atoms with E-state index in [0.717, 1.165) is 16.9 Å². The van der Waals surface area contributed by atoms with E-state index >= 15 is 0 Å². The molecule has 0 amide bonds. The maximum Gasteiger partial charge on any atom is 0.204 e. The lowest BCUT2D eigenvalue weighted by Crippen LogP contribution is -2.01. The molecule has 17 heavy (non-hydrogen) atoms. The molecular formula is C13H20O3S. The van der Waals surface area contributed by atoms with Gasteiger partial charge in [-0.3, -0.25) is 0 Å². The average Bonchev–Trinajstić information content (AvgIpc) is 2.30. The van der Waals surface area contributed by atoms with Crippen molar-refractivity contribution in [2.75, 3.05) is 21.3 Å². The largest absolute Gasteiger partial charge is 0.493 e. The van der Waals surface area contributed by atoms with Crippen LogP contribution in [-0.2, 0) is 6.42 Å². The monoisotopic (exact) mass is 256 g/mol. The summed E-state index contributed by atoms with van der Waals surface area (Å²) in [7, 11) is 4.82. The second-order valence-electron chi connectivity index (χ2n) is 4.25. The van der Waals surface area contributed by atoms with Gasteiger partial charge in [0.1, 0.15) is 0 Å². The molecule has 96 valence electrons. The number of ether oxygens (including phenoxy) is 3. The van der Waals surface area contributed by atoms with Crippen molar-refractivity contribution in [3.63, 3.8) is 0 Å². The Morgan fingerprint density at radius 3 is 2.06 bits per heavy atom. The SMILES string of the molecule is COc1cc(CC(C)C)c(S)c(OC)c1OC. The highest BCUT2D eigenvalue weighted by Gasteiger charge is 2.18. The van der Waals surface area contributed by atoms with Crippen LogP contribution in [0.4, 0.5) is 0 Å². The first-order chi connectivity index (χ1) is 8.04. The van der Waals surface area contributed by atoms with Gasteiger partial charge in [-0.2, -0.15) is 0 Å². The summed E-state index contributed by atoms with van der Waals surface area (Å²) in [4.78, 5) is 0.818.